The maximum absolute atomic E-state index is 12.5. The molecule has 1 fully saturated rings. The van der Waals surface area contributed by atoms with E-state index in [-0.39, 0.29) is 12.7 Å². The minimum absolute atomic E-state index is 0.0237. The Balaban J connectivity index is 1.22. The Labute approximate surface area is 240 Å². The van der Waals surface area contributed by atoms with Crippen molar-refractivity contribution in [2.45, 2.75) is 32.9 Å². The van der Waals surface area contributed by atoms with E-state index in [1.165, 1.54) is 5.56 Å². The molecule has 0 aliphatic carbocycles. The summed E-state index contributed by atoms with van der Waals surface area (Å²) in [5.41, 5.74) is 3.91. The molecule has 6 rings (SSSR count). The molecule has 9 heteroatoms. The van der Waals surface area contributed by atoms with Crippen molar-refractivity contribution in [3.63, 3.8) is 0 Å². The predicted octanol–water partition coefficient (Wildman–Crippen LogP) is 5.53. The lowest BCUT2D eigenvalue weighted by Crippen LogP contribution is -2.47. The Morgan fingerprint density at radius 2 is 1.88 bits per heavy atom. The SMILES string of the molecule is CCOC(=O)Oc1c(-c2ccc(OC)cc2)n2c3c(cccc13)OC(CCN1CCN(c3cc(C)ccn3)CC1)C2. The van der Waals surface area contributed by atoms with Crippen LogP contribution in [-0.2, 0) is 11.3 Å². The van der Waals surface area contributed by atoms with E-state index in [2.05, 4.69) is 32.3 Å². The van der Waals surface area contributed by atoms with Gasteiger partial charge in [-0.2, -0.15) is 0 Å². The van der Waals surface area contributed by atoms with Crippen molar-refractivity contribution in [2.24, 2.45) is 0 Å². The van der Waals surface area contributed by atoms with Crippen molar-refractivity contribution in [1.29, 1.82) is 0 Å². The van der Waals surface area contributed by atoms with Gasteiger partial charge in [0.15, 0.2) is 5.75 Å². The fraction of sp³-hybridized carbons (Fsp3) is 0.375. The van der Waals surface area contributed by atoms with Gasteiger partial charge in [0.2, 0.25) is 0 Å². The molecule has 41 heavy (non-hydrogen) atoms. The van der Waals surface area contributed by atoms with Gasteiger partial charge in [0.1, 0.15) is 23.4 Å². The van der Waals surface area contributed by atoms with Crippen LogP contribution in [0.4, 0.5) is 10.6 Å². The Morgan fingerprint density at radius 1 is 1.07 bits per heavy atom. The summed E-state index contributed by atoms with van der Waals surface area (Å²) in [7, 11) is 1.65. The molecule has 1 unspecified atom stereocenters. The van der Waals surface area contributed by atoms with Gasteiger partial charge in [0.25, 0.3) is 0 Å². The number of methoxy groups -OCH3 is 1. The molecule has 0 radical (unpaired) electrons. The molecular formula is C32H36N4O5. The number of carbonyl (C=O) groups is 1. The molecule has 4 heterocycles. The highest BCUT2D eigenvalue weighted by molar-refractivity contribution is 6.00. The van der Waals surface area contributed by atoms with Crippen LogP contribution < -0.4 is 19.1 Å². The first-order chi connectivity index (χ1) is 20.0. The zero-order valence-corrected chi connectivity index (χ0v) is 23.8. The quantitative estimate of drug-likeness (QED) is 0.262. The molecule has 0 spiro atoms. The Kier molecular flexibility index (Phi) is 7.69. The fourth-order valence-electron chi connectivity index (χ4n) is 5.78. The summed E-state index contributed by atoms with van der Waals surface area (Å²) in [6, 6.07) is 17.9. The lowest BCUT2D eigenvalue weighted by Gasteiger charge is -2.36. The highest BCUT2D eigenvalue weighted by Gasteiger charge is 2.31. The maximum atomic E-state index is 12.5. The van der Waals surface area contributed by atoms with Gasteiger partial charge in [-0.3, -0.25) is 4.90 Å². The van der Waals surface area contributed by atoms with Crippen LogP contribution in [0, 0.1) is 6.92 Å². The summed E-state index contributed by atoms with van der Waals surface area (Å²) < 4.78 is 25.1. The number of para-hydroxylation sites is 1. The number of piperazine rings is 1. The molecule has 0 saturated carbocycles. The first-order valence-corrected chi connectivity index (χ1v) is 14.2. The van der Waals surface area contributed by atoms with E-state index in [9.17, 15) is 4.79 Å². The van der Waals surface area contributed by atoms with Crippen LogP contribution in [0.3, 0.4) is 0 Å². The van der Waals surface area contributed by atoms with Gasteiger partial charge < -0.3 is 28.4 Å². The van der Waals surface area contributed by atoms with Crippen molar-refractivity contribution in [1.82, 2.24) is 14.5 Å². The van der Waals surface area contributed by atoms with Gasteiger partial charge in [0.05, 0.1) is 31.5 Å². The zero-order valence-electron chi connectivity index (χ0n) is 23.8. The number of hydrogen-bond donors (Lipinski definition) is 0. The maximum Gasteiger partial charge on any atom is 0.513 e. The van der Waals surface area contributed by atoms with E-state index in [1.54, 1.807) is 14.0 Å². The van der Waals surface area contributed by atoms with Crippen LogP contribution in [0.25, 0.3) is 22.2 Å². The third-order valence-corrected chi connectivity index (χ3v) is 7.85. The zero-order chi connectivity index (χ0) is 28.3. The molecule has 0 N–H and O–H groups in total. The van der Waals surface area contributed by atoms with Gasteiger partial charge in [-0.15, -0.1) is 0 Å². The van der Waals surface area contributed by atoms with E-state index >= 15 is 0 Å². The molecule has 0 amide bonds. The average molecular weight is 557 g/mol. The van der Waals surface area contributed by atoms with E-state index in [1.807, 2.05) is 54.7 Å². The molecular weight excluding hydrogens is 520 g/mol. The number of benzene rings is 2. The lowest BCUT2D eigenvalue weighted by atomic mass is 10.1. The first kappa shape index (κ1) is 27.0. The van der Waals surface area contributed by atoms with Crippen LogP contribution in [0.5, 0.6) is 17.2 Å². The van der Waals surface area contributed by atoms with Gasteiger partial charge >= 0.3 is 6.16 Å². The molecule has 1 atom stereocenters. The summed E-state index contributed by atoms with van der Waals surface area (Å²) in [6.45, 7) is 9.58. The van der Waals surface area contributed by atoms with Gasteiger partial charge in [-0.25, -0.2) is 9.78 Å². The third kappa shape index (κ3) is 5.54. The summed E-state index contributed by atoms with van der Waals surface area (Å²) in [5.74, 6) is 3.09. The number of nitrogens with zero attached hydrogens (tertiary/aromatic N) is 4. The van der Waals surface area contributed by atoms with Gasteiger partial charge in [-0.05, 0) is 74.4 Å². The number of aryl methyl sites for hydroxylation is 1. The summed E-state index contributed by atoms with van der Waals surface area (Å²) in [4.78, 5) is 21.9. The van der Waals surface area contributed by atoms with Crippen LogP contribution >= 0.6 is 0 Å². The molecule has 4 aromatic rings. The molecule has 2 aromatic carbocycles. The number of carbonyl (C=O) groups excluding carboxylic acids is 1. The fourth-order valence-corrected chi connectivity index (χ4v) is 5.78. The van der Waals surface area contributed by atoms with Crippen molar-refractivity contribution in [3.8, 4) is 28.5 Å². The van der Waals surface area contributed by atoms with E-state index < -0.39 is 6.16 Å². The van der Waals surface area contributed by atoms with E-state index in [0.29, 0.717) is 12.3 Å². The number of ether oxygens (including phenoxy) is 4. The summed E-state index contributed by atoms with van der Waals surface area (Å²) in [5, 5.41) is 0.820. The second kappa shape index (κ2) is 11.7. The topological polar surface area (TPSA) is 78.3 Å². The number of aromatic nitrogens is 2. The Morgan fingerprint density at radius 3 is 2.61 bits per heavy atom. The monoisotopic (exact) mass is 556 g/mol. The number of pyridine rings is 1. The van der Waals surface area contributed by atoms with Crippen LogP contribution in [0.15, 0.2) is 60.8 Å². The van der Waals surface area contributed by atoms with Crippen LogP contribution in [0.2, 0.25) is 0 Å². The molecule has 1 saturated heterocycles. The summed E-state index contributed by atoms with van der Waals surface area (Å²) in [6.07, 6.45) is 2.02. The Bertz CT molecular complexity index is 1530. The molecule has 9 nitrogen and oxygen atoms in total. The standard InChI is InChI=1S/C32H36N4O5/c1-4-39-32(37)41-31-26-6-5-7-27-30(26)36(29(31)23-8-10-24(38-3)11-9-23)21-25(40-27)13-15-34-16-18-35(19-17-34)28-20-22(2)12-14-33-28/h5-12,14,20,25H,4,13,15-19,21H2,1-3H3. The molecule has 2 aromatic heterocycles. The van der Waals surface area contributed by atoms with E-state index in [4.69, 9.17) is 18.9 Å². The highest BCUT2D eigenvalue weighted by Crippen LogP contribution is 2.46. The second-order valence-electron chi connectivity index (χ2n) is 10.5. The minimum atomic E-state index is -0.719. The van der Waals surface area contributed by atoms with E-state index in [0.717, 1.165) is 78.6 Å². The predicted molar refractivity (Wildman–Crippen MR) is 158 cm³/mol. The average Bonchev–Trinajstić information content (AvgIpc) is 3.30. The molecule has 2 aliphatic rings. The smallest absolute Gasteiger partial charge is 0.497 e. The van der Waals surface area contributed by atoms with Crippen LogP contribution in [0.1, 0.15) is 18.9 Å². The first-order valence-electron chi connectivity index (χ1n) is 14.2. The number of anilines is 1. The Hall–Kier alpha value is -4.24. The number of hydrogen-bond acceptors (Lipinski definition) is 8. The number of rotatable bonds is 8. The van der Waals surface area contributed by atoms with Crippen molar-refractivity contribution >= 4 is 22.9 Å². The van der Waals surface area contributed by atoms with Crippen molar-refractivity contribution < 1.29 is 23.7 Å². The molecule has 214 valence electrons. The molecule has 2 aliphatic heterocycles. The third-order valence-electron chi connectivity index (χ3n) is 7.85. The highest BCUT2D eigenvalue weighted by atomic mass is 16.7. The van der Waals surface area contributed by atoms with Gasteiger partial charge in [-0.1, -0.05) is 6.07 Å². The largest absolute Gasteiger partial charge is 0.513 e. The van der Waals surface area contributed by atoms with Crippen LogP contribution in [-0.4, -0.2) is 73.2 Å². The van der Waals surface area contributed by atoms with Crippen molar-refractivity contribution in [2.75, 3.05) is 51.3 Å². The van der Waals surface area contributed by atoms with Gasteiger partial charge in [0, 0.05) is 49.9 Å². The minimum Gasteiger partial charge on any atom is -0.497 e. The lowest BCUT2D eigenvalue weighted by molar-refractivity contribution is 0.105. The second-order valence-corrected chi connectivity index (χ2v) is 10.5. The normalized spacial score (nSPS) is 16.9. The molecule has 0 bridgehead atoms. The van der Waals surface area contributed by atoms with Crippen molar-refractivity contribution in [3.05, 3.63) is 66.4 Å². The summed E-state index contributed by atoms with van der Waals surface area (Å²) >= 11 is 0.